The molecule has 1 heterocycles. The third kappa shape index (κ3) is 5.75. The Balaban J connectivity index is 1.54. The van der Waals surface area contributed by atoms with Gasteiger partial charge in [0.1, 0.15) is 5.82 Å². The maximum absolute atomic E-state index is 13.0. The van der Waals surface area contributed by atoms with Crippen LogP contribution in [0.2, 0.25) is 0 Å². The lowest BCUT2D eigenvalue weighted by atomic mass is 10.1. The normalized spacial score (nSPS) is 10.6. The van der Waals surface area contributed by atoms with Crippen molar-refractivity contribution in [3.05, 3.63) is 71.7 Å². The zero-order valence-corrected chi connectivity index (χ0v) is 16.0. The van der Waals surface area contributed by atoms with Crippen LogP contribution in [0.1, 0.15) is 35.8 Å². The summed E-state index contributed by atoms with van der Waals surface area (Å²) in [7, 11) is 0. The fourth-order valence-corrected chi connectivity index (χ4v) is 2.60. The molecule has 0 aliphatic heterocycles. The van der Waals surface area contributed by atoms with Crippen molar-refractivity contribution in [2.45, 2.75) is 26.2 Å². The van der Waals surface area contributed by atoms with E-state index in [0.717, 1.165) is 12.8 Å². The fraction of sp³-hybridized carbons (Fsp3) is 0.227. The maximum atomic E-state index is 13.0. The number of halogens is 1. The Morgan fingerprint density at radius 2 is 1.83 bits per heavy atom. The van der Waals surface area contributed by atoms with Crippen molar-refractivity contribution in [1.82, 2.24) is 5.16 Å². The Labute approximate surface area is 167 Å². The number of amides is 1. The molecule has 29 heavy (non-hydrogen) atoms. The summed E-state index contributed by atoms with van der Waals surface area (Å²) in [5.74, 6) is -0.540. The van der Waals surface area contributed by atoms with Gasteiger partial charge in [0.05, 0.1) is 24.3 Å². The topological polar surface area (TPSA) is 81.4 Å². The van der Waals surface area contributed by atoms with Crippen molar-refractivity contribution in [3.8, 4) is 11.3 Å². The van der Waals surface area contributed by atoms with Crippen LogP contribution in [0.25, 0.3) is 11.3 Å². The number of hydrogen-bond donors (Lipinski definition) is 1. The molecule has 0 saturated carbocycles. The van der Waals surface area contributed by atoms with E-state index in [4.69, 9.17) is 9.26 Å². The molecule has 3 rings (SSSR count). The van der Waals surface area contributed by atoms with Crippen LogP contribution in [0.15, 0.2) is 59.1 Å². The predicted octanol–water partition coefficient (Wildman–Crippen LogP) is 4.62. The van der Waals surface area contributed by atoms with Crippen molar-refractivity contribution in [2.24, 2.45) is 0 Å². The number of carbonyl (C=O) groups excluding carboxylic acids is 2. The van der Waals surface area contributed by atoms with Crippen LogP contribution in [-0.2, 0) is 16.0 Å². The summed E-state index contributed by atoms with van der Waals surface area (Å²) in [6, 6.07) is 13.9. The van der Waals surface area contributed by atoms with Gasteiger partial charge in [-0.3, -0.25) is 4.79 Å². The Morgan fingerprint density at radius 3 is 2.52 bits per heavy atom. The summed E-state index contributed by atoms with van der Waals surface area (Å²) >= 11 is 0. The van der Waals surface area contributed by atoms with Crippen LogP contribution in [0, 0.1) is 5.82 Å². The zero-order valence-electron chi connectivity index (χ0n) is 16.0. The second-order valence-corrected chi connectivity index (χ2v) is 6.48. The first-order valence-corrected chi connectivity index (χ1v) is 9.33. The third-order valence-corrected chi connectivity index (χ3v) is 4.16. The molecule has 6 nitrogen and oxygen atoms in total. The molecule has 0 bridgehead atoms. The number of rotatable bonds is 8. The minimum atomic E-state index is -0.382. The molecule has 0 atom stereocenters. The van der Waals surface area contributed by atoms with E-state index in [1.54, 1.807) is 42.5 Å². The Hall–Kier alpha value is -3.48. The lowest BCUT2D eigenvalue weighted by Gasteiger charge is -2.06. The van der Waals surface area contributed by atoms with Gasteiger partial charge in [0, 0.05) is 17.3 Å². The first-order valence-electron chi connectivity index (χ1n) is 9.33. The Kier molecular flexibility index (Phi) is 6.73. The molecular weight excluding hydrogens is 375 g/mol. The molecule has 0 saturated heterocycles. The number of benzene rings is 2. The van der Waals surface area contributed by atoms with E-state index in [-0.39, 0.29) is 24.1 Å². The van der Waals surface area contributed by atoms with Gasteiger partial charge >= 0.3 is 5.97 Å². The average Bonchev–Trinajstić information content (AvgIpc) is 3.17. The second kappa shape index (κ2) is 9.64. The highest BCUT2D eigenvalue weighted by Gasteiger charge is 2.12. The molecule has 0 aliphatic rings. The SMILES string of the molecule is CCCCOC(=O)c1ccc(NC(=O)Cc2cc(-c3ccc(F)cc3)on2)cc1. The van der Waals surface area contributed by atoms with Crippen molar-refractivity contribution < 1.29 is 23.2 Å². The molecule has 2 aromatic carbocycles. The van der Waals surface area contributed by atoms with Crippen molar-refractivity contribution in [3.63, 3.8) is 0 Å². The molecule has 150 valence electrons. The number of nitrogens with one attached hydrogen (secondary N) is 1. The maximum Gasteiger partial charge on any atom is 0.338 e. The van der Waals surface area contributed by atoms with Crippen molar-refractivity contribution in [2.75, 3.05) is 11.9 Å². The molecule has 0 radical (unpaired) electrons. The highest BCUT2D eigenvalue weighted by molar-refractivity contribution is 5.93. The van der Waals surface area contributed by atoms with E-state index in [9.17, 15) is 14.0 Å². The Morgan fingerprint density at radius 1 is 1.10 bits per heavy atom. The lowest BCUT2D eigenvalue weighted by molar-refractivity contribution is -0.115. The highest BCUT2D eigenvalue weighted by atomic mass is 19.1. The lowest BCUT2D eigenvalue weighted by Crippen LogP contribution is -2.14. The number of anilines is 1. The molecular formula is C22H21FN2O4. The summed E-state index contributed by atoms with van der Waals surface area (Å²) in [4.78, 5) is 24.1. The number of nitrogens with zero attached hydrogens (tertiary/aromatic N) is 1. The number of ether oxygens (including phenoxy) is 1. The van der Waals surface area contributed by atoms with E-state index in [0.29, 0.717) is 34.9 Å². The molecule has 0 unspecified atom stereocenters. The van der Waals surface area contributed by atoms with Crippen LogP contribution in [0.4, 0.5) is 10.1 Å². The molecule has 7 heteroatoms. The smallest absolute Gasteiger partial charge is 0.338 e. The average molecular weight is 396 g/mol. The van der Waals surface area contributed by atoms with E-state index in [1.807, 2.05) is 6.92 Å². The molecule has 1 aromatic heterocycles. The van der Waals surface area contributed by atoms with Gasteiger partial charge in [-0.2, -0.15) is 0 Å². The van der Waals surface area contributed by atoms with E-state index in [1.165, 1.54) is 12.1 Å². The Bertz CT molecular complexity index is 965. The van der Waals surface area contributed by atoms with Gasteiger partial charge in [-0.25, -0.2) is 9.18 Å². The minimum Gasteiger partial charge on any atom is -0.462 e. The van der Waals surface area contributed by atoms with E-state index < -0.39 is 0 Å². The van der Waals surface area contributed by atoms with Gasteiger partial charge in [-0.15, -0.1) is 0 Å². The fourth-order valence-electron chi connectivity index (χ4n) is 2.60. The number of unbranched alkanes of at least 4 members (excludes halogenated alkanes) is 1. The minimum absolute atomic E-state index is 0.0194. The number of hydrogen-bond acceptors (Lipinski definition) is 5. The number of esters is 1. The van der Waals surface area contributed by atoms with Crippen LogP contribution >= 0.6 is 0 Å². The second-order valence-electron chi connectivity index (χ2n) is 6.48. The van der Waals surface area contributed by atoms with Gasteiger partial charge in [0.15, 0.2) is 5.76 Å². The van der Waals surface area contributed by atoms with Gasteiger partial charge < -0.3 is 14.6 Å². The zero-order chi connectivity index (χ0) is 20.6. The van der Waals surface area contributed by atoms with Crippen molar-refractivity contribution >= 4 is 17.6 Å². The van der Waals surface area contributed by atoms with Crippen LogP contribution < -0.4 is 5.32 Å². The molecule has 0 spiro atoms. The molecule has 0 fully saturated rings. The summed E-state index contributed by atoms with van der Waals surface area (Å²) in [6.45, 7) is 2.42. The number of carbonyl (C=O) groups is 2. The largest absolute Gasteiger partial charge is 0.462 e. The van der Waals surface area contributed by atoms with E-state index >= 15 is 0 Å². The first-order chi connectivity index (χ1) is 14.0. The quantitative estimate of drug-likeness (QED) is 0.444. The summed E-state index contributed by atoms with van der Waals surface area (Å²) in [5, 5.41) is 6.62. The van der Waals surface area contributed by atoms with Gasteiger partial charge in [-0.1, -0.05) is 18.5 Å². The molecule has 1 amide bonds. The molecule has 1 N–H and O–H groups in total. The van der Waals surface area contributed by atoms with Crippen LogP contribution in [-0.4, -0.2) is 23.6 Å². The summed E-state index contributed by atoms with van der Waals surface area (Å²) in [5.41, 5.74) is 2.12. The van der Waals surface area contributed by atoms with Gasteiger partial charge in [-0.05, 0) is 55.0 Å². The van der Waals surface area contributed by atoms with Gasteiger partial charge in [0.25, 0.3) is 0 Å². The van der Waals surface area contributed by atoms with Crippen LogP contribution in [0.3, 0.4) is 0 Å². The first kappa shape index (κ1) is 20.3. The van der Waals surface area contributed by atoms with E-state index in [2.05, 4.69) is 10.5 Å². The molecule has 0 aliphatic carbocycles. The standard InChI is InChI=1S/C22H21FN2O4/c1-2-3-12-28-22(27)16-6-10-18(11-7-16)24-21(26)14-19-13-20(29-25-19)15-4-8-17(23)9-5-15/h4-11,13H,2-3,12,14H2,1H3,(H,24,26). The number of aromatic nitrogens is 1. The highest BCUT2D eigenvalue weighted by Crippen LogP contribution is 2.21. The molecule has 3 aromatic rings. The van der Waals surface area contributed by atoms with Crippen molar-refractivity contribution in [1.29, 1.82) is 0 Å². The van der Waals surface area contributed by atoms with Crippen LogP contribution in [0.5, 0.6) is 0 Å². The predicted molar refractivity (Wildman–Crippen MR) is 106 cm³/mol. The summed E-state index contributed by atoms with van der Waals surface area (Å²) in [6.07, 6.45) is 1.80. The summed E-state index contributed by atoms with van der Waals surface area (Å²) < 4.78 is 23.4. The van der Waals surface area contributed by atoms with Gasteiger partial charge in [0.2, 0.25) is 5.91 Å². The third-order valence-electron chi connectivity index (χ3n) is 4.16. The monoisotopic (exact) mass is 396 g/mol.